The van der Waals surface area contributed by atoms with Crippen LogP contribution in [0.15, 0.2) is 66.9 Å². The number of amides is 2. The molecule has 1 spiro atoms. The number of aryl methyl sites for hydroxylation is 1. The van der Waals surface area contributed by atoms with E-state index >= 15 is 0 Å². The maximum atomic E-state index is 13.8. The van der Waals surface area contributed by atoms with Gasteiger partial charge in [-0.1, -0.05) is 37.3 Å². The largest absolute Gasteiger partial charge is 0.322 e. The molecule has 5 nitrogen and oxygen atoms in total. The highest BCUT2D eigenvalue weighted by Gasteiger charge is 2.46. The lowest BCUT2D eigenvalue weighted by Gasteiger charge is -2.47. The van der Waals surface area contributed by atoms with Crippen molar-refractivity contribution in [3.8, 4) is 5.69 Å². The summed E-state index contributed by atoms with van der Waals surface area (Å²) >= 11 is 0. The van der Waals surface area contributed by atoms with Gasteiger partial charge < -0.3 is 19.7 Å². The Morgan fingerprint density at radius 3 is 2.48 bits per heavy atom. The molecule has 1 aromatic heterocycles. The van der Waals surface area contributed by atoms with Crippen LogP contribution in [0.1, 0.15) is 36.6 Å². The summed E-state index contributed by atoms with van der Waals surface area (Å²) in [6.45, 7) is 4.68. The number of likely N-dealkylation sites (tertiary alicyclic amines) is 1. The van der Waals surface area contributed by atoms with E-state index in [1.54, 1.807) is 0 Å². The van der Waals surface area contributed by atoms with Gasteiger partial charge in [0.2, 0.25) is 0 Å². The van der Waals surface area contributed by atoms with Crippen molar-refractivity contribution >= 4 is 11.7 Å². The van der Waals surface area contributed by atoms with Crippen LogP contribution in [0.3, 0.4) is 0 Å². The third-order valence-electron chi connectivity index (χ3n) is 6.99. The quantitative estimate of drug-likeness (QED) is 0.640. The Kier molecular flexibility index (Phi) is 5.06. The predicted molar refractivity (Wildman–Crippen MR) is 125 cm³/mol. The maximum Gasteiger partial charge on any atom is 0.322 e. The highest BCUT2D eigenvalue weighted by atomic mass is 16.2. The van der Waals surface area contributed by atoms with E-state index in [1.165, 1.54) is 22.5 Å². The highest BCUT2D eigenvalue weighted by Crippen LogP contribution is 2.44. The van der Waals surface area contributed by atoms with Crippen LogP contribution in [-0.4, -0.2) is 40.5 Å². The topological polar surface area (TPSA) is 40.5 Å². The Morgan fingerprint density at radius 1 is 1.00 bits per heavy atom. The molecule has 160 valence electrons. The number of carbonyl (C=O) groups is 1. The van der Waals surface area contributed by atoms with Gasteiger partial charge in [0.15, 0.2) is 0 Å². The molecule has 0 unspecified atom stereocenters. The average molecular weight is 415 g/mol. The van der Waals surface area contributed by atoms with Gasteiger partial charge in [-0.05, 0) is 67.8 Å². The molecule has 0 saturated carbocycles. The summed E-state index contributed by atoms with van der Waals surface area (Å²) in [5.41, 5.74) is 5.34. The smallest absolute Gasteiger partial charge is 0.318 e. The molecule has 5 rings (SSSR count). The summed E-state index contributed by atoms with van der Waals surface area (Å²) in [5.74, 6) is 0. The number of piperidine rings is 1. The first kappa shape index (κ1) is 19.9. The number of carbonyl (C=O) groups excluding carboxylic acids is 1. The van der Waals surface area contributed by atoms with E-state index in [0.29, 0.717) is 6.54 Å². The minimum atomic E-state index is -0.331. The summed E-state index contributed by atoms with van der Waals surface area (Å²) in [5, 5.41) is 3.19. The number of nitrogens with one attached hydrogen (secondary N) is 1. The van der Waals surface area contributed by atoms with Crippen molar-refractivity contribution in [1.82, 2.24) is 14.4 Å². The van der Waals surface area contributed by atoms with Gasteiger partial charge in [-0.15, -0.1) is 0 Å². The van der Waals surface area contributed by atoms with Gasteiger partial charge in [0.1, 0.15) is 0 Å². The van der Waals surface area contributed by atoms with Crippen molar-refractivity contribution in [2.45, 2.75) is 38.3 Å². The zero-order valence-corrected chi connectivity index (χ0v) is 18.3. The van der Waals surface area contributed by atoms with Crippen LogP contribution in [-0.2, 0) is 18.5 Å². The lowest BCUT2D eigenvalue weighted by Crippen LogP contribution is -2.55. The van der Waals surface area contributed by atoms with Gasteiger partial charge in [0, 0.05) is 30.7 Å². The molecule has 0 atom stereocenters. The van der Waals surface area contributed by atoms with Crippen molar-refractivity contribution in [3.05, 3.63) is 83.7 Å². The van der Waals surface area contributed by atoms with Crippen LogP contribution in [0.4, 0.5) is 10.5 Å². The fourth-order valence-electron chi connectivity index (χ4n) is 5.11. The molecule has 0 bridgehead atoms. The lowest BCUT2D eigenvalue weighted by molar-refractivity contribution is 0.0491. The average Bonchev–Trinajstić information content (AvgIpc) is 3.26. The molecular weight excluding hydrogens is 384 g/mol. The standard InChI is InChI=1S/C26H30N4O/c1-3-20-10-12-22(13-11-20)27-25(31)30-19-21-7-4-5-8-23(21)29-16-6-9-24(29)26(30)14-17-28(2)18-15-26/h4-13,16H,3,14-15,17-19H2,1-2H3,(H,27,31). The molecule has 5 heteroatoms. The fourth-order valence-corrected chi connectivity index (χ4v) is 5.11. The molecule has 2 aromatic carbocycles. The van der Waals surface area contributed by atoms with Crippen LogP contribution >= 0.6 is 0 Å². The Bertz CT molecular complexity index is 1080. The van der Waals surface area contributed by atoms with Gasteiger partial charge in [0.25, 0.3) is 0 Å². The summed E-state index contributed by atoms with van der Waals surface area (Å²) in [6, 6.07) is 20.9. The van der Waals surface area contributed by atoms with Crippen molar-refractivity contribution in [2.24, 2.45) is 0 Å². The first-order valence-electron chi connectivity index (χ1n) is 11.2. The van der Waals surface area contributed by atoms with E-state index in [1.807, 2.05) is 12.1 Å². The van der Waals surface area contributed by atoms with Crippen LogP contribution in [0.5, 0.6) is 0 Å². The Balaban J connectivity index is 1.57. The molecule has 1 fully saturated rings. The molecule has 2 aliphatic heterocycles. The molecule has 2 amide bonds. The second kappa shape index (κ2) is 7.89. The van der Waals surface area contributed by atoms with Crippen LogP contribution in [0.25, 0.3) is 5.69 Å². The number of fused-ring (bicyclic) bond motifs is 4. The Hall–Kier alpha value is -3.05. The lowest BCUT2D eigenvalue weighted by atomic mass is 9.82. The highest BCUT2D eigenvalue weighted by molar-refractivity contribution is 5.90. The number of benzene rings is 2. The predicted octanol–water partition coefficient (Wildman–Crippen LogP) is 5.01. The van der Waals surface area contributed by atoms with E-state index in [9.17, 15) is 4.79 Å². The van der Waals surface area contributed by atoms with Crippen molar-refractivity contribution in [1.29, 1.82) is 0 Å². The van der Waals surface area contributed by atoms with E-state index in [2.05, 4.69) is 88.4 Å². The van der Waals surface area contributed by atoms with Crippen molar-refractivity contribution in [3.63, 3.8) is 0 Å². The second-order valence-corrected chi connectivity index (χ2v) is 8.79. The van der Waals surface area contributed by atoms with Crippen molar-refractivity contribution in [2.75, 3.05) is 25.5 Å². The summed E-state index contributed by atoms with van der Waals surface area (Å²) in [4.78, 5) is 18.2. The molecule has 0 radical (unpaired) electrons. The monoisotopic (exact) mass is 414 g/mol. The first-order valence-corrected chi connectivity index (χ1v) is 11.2. The molecule has 0 aliphatic carbocycles. The van der Waals surface area contributed by atoms with Crippen LogP contribution in [0.2, 0.25) is 0 Å². The SMILES string of the molecule is CCc1ccc(NC(=O)N2Cc3ccccc3-n3cccc3C23CCN(C)CC3)cc1. The Morgan fingerprint density at radius 2 is 1.74 bits per heavy atom. The van der Waals surface area contributed by atoms with Crippen LogP contribution in [0, 0.1) is 0 Å². The molecule has 3 aromatic rings. The van der Waals surface area contributed by atoms with Gasteiger partial charge in [0.05, 0.1) is 17.8 Å². The summed E-state index contributed by atoms with van der Waals surface area (Å²) in [7, 11) is 2.16. The molecule has 1 saturated heterocycles. The second-order valence-electron chi connectivity index (χ2n) is 8.79. The summed E-state index contributed by atoms with van der Waals surface area (Å²) < 4.78 is 2.30. The van der Waals surface area contributed by atoms with E-state index in [-0.39, 0.29) is 11.6 Å². The normalized spacial score (nSPS) is 17.7. The third kappa shape index (κ3) is 3.43. The van der Waals surface area contributed by atoms with Gasteiger partial charge in [-0.3, -0.25) is 0 Å². The minimum absolute atomic E-state index is 0.0294. The molecular formula is C26H30N4O. The molecule has 1 N–H and O–H groups in total. The molecule has 3 heterocycles. The number of hydrogen-bond donors (Lipinski definition) is 1. The molecule has 31 heavy (non-hydrogen) atoms. The van der Waals surface area contributed by atoms with Crippen LogP contribution < -0.4 is 5.32 Å². The number of urea groups is 1. The minimum Gasteiger partial charge on any atom is -0.318 e. The van der Waals surface area contributed by atoms with Crippen molar-refractivity contribution < 1.29 is 4.79 Å². The fraction of sp³-hybridized carbons (Fsp3) is 0.346. The Labute approximate surface area is 184 Å². The van der Waals surface area contributed by atoms with E-state index < -0.39 is 0 Å². The van der Waals surface area contributed by atoms with Gasteiger partial charge in [-0.2, -0.15) is 0 Å². The van der Waals surface area contributed by atoms with E-state index in [0.717, 1.165) is 38.0 Å². The number of rotatable bonds is 2. The number of hydrogen-bond acceptors (Lipinski definition) is 2. The van der Waals surface area contributed by atoms with Gasteiger partial charge >= 0.3 is 6.03 Å². The third-order valence-corrected chi connectivity index (χ3v) is 6.99. The van der Waals surface area contributed by atoms with E-state index in [4.69, 9.17) is 0 Å². The first-order chi connectivity index (χ1) is 15.1. The number of nitrogens with zero attached hydrogens (tertiary/aromatic N) is 3. The number of para-hydroxylation sites is 1. The summed E-state index contributed by atoms with van der Waals surface area (Å²) in [6.07, 6.45) is 4.97. The van der Waals surface area contributed by atoms with Gasteiger partial charge in [-0.25, -0.2) is 4.79 Å². The maximum absolute atomic E-state index is 13.8. The molecule has 2 aliphatic rings. The number of aromatic nitrogens is 1. The zero-order valence-electron chi connectivity index (χ0n) is 18.3. The zero-order chi connectivity index (χ0) is 21.4. The number of anilines is 1.